The lowest BCUT2D eigenvalue weighted by Crippen LogP contribution is -2.53. The number of anilines is 2. The average molecular weight is 425 g/mol. The predicted molar refractivity (Wildman–Crippen MR) is 113 cm³/mol. The number of halogens is 2. The van der Waals surface area contributed by atoms with E-state index in [2.05, 4.69) is 35.7 Å². The molecule has 0 bridgehead atoms. The van der Waals surface area contributed by atoms with Crippen molar-refractivity contribution in [2.24, 2.45) is 0 Å². The van der Waals surface area contributed by atoms with Crippen molar-refractivity contribution in [2.45, 2.75) is 18.4 Å². The zero-order valence-electron chi connectivity index (χ0n) is 17.0. The number of alkyl halides is 2. The smallest absolute Gasteiger partial charge is 0.280 e. The molecule has 1 fully saturated rings. The summed E-state index contributed by atoms with van der Waals surface area (Å²) >= 11 is 0. The Bertz CT molecular complexity index is 1260. The minimum absolute atomic E-state index is 0.144. The summed E-state index contributed by atoms with van der Waals surface area (Å²) in [5.41, 5.74) is 3.42. The van der Waals surface area contributed by atoms with E-state index in [1.807, 2.05) is 18.2 Å². The molecule has 0 aromatic carbocycles. The Labute approximate surface area is 176 Å². The second-order valence-electron chi connectivity index (χ2n) is 7.64. The van der Waals surface area contributed by atoms with Gasteiger partial charge in [0.05, 0.1) is 18.3 Å². The van der Waals surface area contributed by atoms with E-state index in [9.17, 15) is 8.78 Å². The molecule has 4 aromatic heterocycles. The van der Waals surface area contributed by atoms with Gasteiger partial charge in [-0.15, -0.1) is 5.10 Å². The fourth-order valence-electron chi connectivity index (χ4n) is 3.91. The minimum atomic E-state index is -2.87. The molecule has 0 amide bonds. The first-order chi connectivity index (χ1) is 14.9. The number of hydrogen-bond acceptors (Lipinski definition) is 8. The summed E-state index contributed by atoms with van der Waals surface area (Å²) < 4.78 is 30.5. The molecule has 0 saturated carbocycles. The highest BCUT2D eigenvalue weighted by molar-refractivity contribution is 5.89. The third kappa shape index (κ3) is 3.50. The highest BCUT2D eigenvalue weighted by Gasteiger charge is 2.44. The molecule has 1 atom stereocenters. The number of piperidine rings is 1. The second-order valence-corrected chi connectivity index (χ2v) is 7.64. The maximum Gasteiger partial charge on any atom is 0.280 e. The maximum atomic E-state index is 14.5. The van der Waals surface area contributed by atoms with Crippen molar-refractivity contribution in [3.63, 3.8) is 0 Å². The standard InChI is InChI=1S/C20H21F2N9/c1-23-18-16-12(13-3-4-14-17(26-13)25-8-7-24-14)5-10-31(16)29-19(28-18)27-15-6-9-30(2)11-20(15,21)22/h3-5,7-8,10,15H,6,9,11H2,1-2H3,(H2,23,27,28,29)/t15-/m0/s1. The molecule has 0 unspecified atom stereocenters. The van der Waals surface area contributed by atoms with E-state index in [0.717, 1.165) is 5.56 Å². The summed E-state index contributed by atoms with van der Waals surface area (Å²) in [6.45, 7) is 0.286. The van der Waals surface area contributed by atoms with Gasteiger partial charge in [0.2, 0.25) is 5.95 Å². The van der Waals surface area contributed by atoms with Crippen LogP contribution in [0.3, 0.4) is 0 Å². The predicted octanol–water partition coefficient (Wildman–Crippen LogP) is 2.53. The van der Waals surface area contributed by atoms with Crippen molar-refractivity contribution in [1.29, 1.82) is 0 Å². The number of likely N-dealkylation sites (tertiary alicyclic amines) is 1. The van der Waals surface area contributed by atoms with E-state index in [4.69, 9.17) is 0 Å². The zero-order valence-corrected chi connectivity index (χ0v) is 17.0. The highest BCUT2D eigenvalue weighted by atomic mass is 19.3. The number of fused-ring (bicyclic) bond motifs is 2. The van der Waals surface area contributed by atoms with Gasteiger partial charge < -0.3 is 15.5 Å². The van der Waals surface area contributed by atoms with E-state index >= 15 is 0 Å². The van der Waals surface area contributed by atoms with E-state index in [1.54, 1.807) is 42.1 Å². The van der Waals surface area contributed by atoms with Crippen LogP contribution in [-0.4, -0.2) is 73.6 Å². The third-order valence-electron chi connectivity index (χ3n) is 5.45. The van der Waals surface area contributed by atoms with Crippen LogP contribution in [0.2, 0.25) is 0 Å². The molecule has 5 rings (SSSR count). The number of pyridine rings is 1. The molecular formula is C20H21F2N9. The van der Waals surface area contributed by atoms with Crippen molar-refractivity contribution < 1.29 is 8.78 Å². The maximum absolute atomic E-state index is 14.5. The molecule has 1 aliphatic heterocycles. The largest absolute Gasteiger partial charge is 0.371 e. The summed E-state index contributed by atoms with van der Waals surface area (Å²) in [6.07, 6.45) is 5.27. The summed E-state index contributed by atoms with van der Waals surface area (Å²) in [5.74, 6) is -2.22. The van der Waals surface area contributed by atoms with Crippen LogP contribution in [-0.2, 0) is 0 Å². The quantitative estimate of drug-likeness (QED) is 0.515. The Hall–Kier alpha value is -3.47. The molecule has 0 aliphatic carbocycles. The average Bonchev–Trinajstić information content (AvgIpc) is 3.18. The zero-order chi connectivity index (χ0) is 21.6. The van der Waals surface area contributed by atoms with Crippen LogP contribution in [0.4, 0.5) is 20.5 Å². The van der Waals surface area contributed by atoms with Gasteiger partial charge >= 0.3 is 0 Å². The van der Waals surface area contributed by atoms with Gasteiger partial charge in [0, 0.05) is 37.7 Å². The monoisotopic (exact) mass is 425 g/mol. The fraction of sp³-hybridized carbons (Fsp3) is 0.350. The lowest BCUT2D eigenvalue weighted by Gasteiger charge is -2.36. The number of nitrogens with zero attached hydrogens (tertiary/aromatic N) is 7. The van der Waals surface area contributed by atoms with Crippen molar-refractivity contribution >= 4 is 28.4 Å². The Morgan fingerprint density at radius 1 is 1.13 bits per heavy atom. The van der Waals surface area contributed by atoms with Gasteiger partial charge in [-0.3, -0.25) is 4.98 Å². The lowest BCUT2D eigenvalue weighted by molar-refractivity contribution is -0.0675. The molecule has 0 spiro atoms. The molecule has 2 N–H and O–H groups in total. The number of nitrogens with one attached hydrogen (secondary N) is 2. The molecule has 5 heterocycles. The number of rotatable bonds is 4. The lowest BCUT2D eigenvalue weighted by atomic mass is 10.0. The first-order valence-electron chi connectivity index (χ1n) is 9.93. The molecule has 160 valence electrons. The summed E-state index contributed by atoms with van der Waals surface area (Å²) in [6, 6.07) is 4.55. The molecule has 0 radical (unpaired) electrons. The Morgan fingerprint density at radius 3 is 2.77 bits per heavy atom. The Kier molecular flexibility index (Phi) is 4.62. The van der Waals surface area contributed by atoms with E-state index in [0.29, 0.717) is 41.2 Å². The van der Waals surface area contributed by atoms with Gasteiger partial charge in [-0.2, -0.15) is 4.98 Å². The second kappa shape index (κ2) is 7.34. The van der Waals surface area contributed by atoms with Gasteiger partial charge in [0.15, 0.2) is 11.5 Å². The molecule has 4 aromatic rings. The molecule has 9 nitrogen and oxygen atoms in total. The highest BCUT2D eigenvalue weighted by Crippen LogP contribution is 2.32. The normalized spacial score (nSPS) is 19.0. The first kappa shape index (κ1) is 19.5. The van der Waals surface area contributed by atoms with Crippen LogP contribution in [0.15, 0.2) is 36.8 Å². The van der Waals surface area contributed by atoms with Gasteiger partial charge in [-0.05, 0) is 31.7 Å². The summed E-state index contributed by atoms with van der Waals surface area (Å²) in [5, 5.41) is 10.3. The first-order valence-corrected chi connectivity index (χ1v) is 9.93. The molecule has 11 heteroatoms. The van der Waals surface area contributed by atoms with E-state index in [1.165, 1.54) is 0 Å². The topological polar surface area (TPSA) is 96.2 Å². The van der Waals surface area contributed by atoms with Gasteiger partial charge in [0.25, 0.3) is 5.92 Å². The van der Waals surface area contributed by atoms with Gasteiger partial charge in [0.1, 0.15) is 11.0 Å². The van der Waals surface area contributed by atoms with Crippen molar-refractivity contribution in [1.82, 2.24) is 34.4 Å². The number of aromatic nitrogens is 6. The van der Waals surface area contributed by atoms with E-state index in [-0.39, 0.29) is 12.5 Å². The van der Waals surface area contributed by atoms with Crippen LogP contribution >= 0.6 is 0 Å². The fourth-order valence-corrected chi connectivity index (χ4v) is 3.91. The third-order valence-corrected chi connectivity index (χ3v) is 5.45. The SMILES string of the molecule is CNc1nc(N[C@H]2CCN(C)CC2(F)F)nn2ccc(-c3ccc4nccnc4n3)c12. The molecule has 1 aliphatic rings. The number of hydrogen-bond donors (Lipinski definition) is 2. The van der Waals surface area contributed by atoms with Crippen molar-refractivity contribution in [2.75, 3.05) is 37.8 Å². The Balaban J connectivity index is 1.53. The van der Waals surface area contributed by atoms with Gasteiger partial charge in [-0.1, -0.05) is 0 Å². The summed E-state index contributed by atoms with van der Waals surface area (Å²) in [7, 11) is 3.42. The van der Waals surface area contributed by atoms with Gasteiger partial charge in [-0.25, -0.2) is 23.3 Å². The van der Waals surface area contributed by atoms with Crippen LogP contribution in [0.1, 0.15) is 6.42 Å². The van der Waals surface area contributed by atoms with Crippen LogP contribution in [0.25, 0.3) is 27.9 Å². The van der Waals surface area contributed by atoms with Crippen molar-refractivity contribution in [3.05, 3.63) is 36.8 Å². The minimum Gasteiger partial charge on any atom is -0.371 e. The van der Waals surface area contributed by atoms with Crippen LogP contribution < -0.4 is 10.6 Å². The molecular weight excluding hydrogens is 404 g/mol. The summed E-state index contributed by atoms with van der Waals surface area (Å²) in [4.78, 5) is 19.2. The molecule has 31 heavy (non-hydrogen) atoms. The molecule has 1 saturated heterocycles. The van der Waals surface area contributed by atoms with Crippen LogP contribution in [0.5, 0.6) is 0 Å². The Morgan fingerprint density at radius 2 is 1.97 bits per heavy atom. The van der Waals surface area contributed by atoms with E-state index < -0.39 is 12.0 Å². The van der Waals surface area contributed by atoms with Crippen LogP contribution in [0, 0.1) is 0 Å². The van der Waals surface area contributed by atoms with Crippen molar-refractivity contribution in [3.8, 4) is 11.3 Å².